The van der Waals surface area contributed by atoms with E-state index in [0.29, 0.717) is 6.10 Å². The molecule has 0 radical (unpaired) electrons. The van der Waals surface area contributed by atoms with Crippen LogP contribution < -0.4 is 4.74 Å². The highest BCUT2D eigenvalue weighted by molar-refractivity contribution is 5.81. The van der Waals surface area contributed by atoms with Gasteiger partial charge in [0.2, 0.25) is 0 Å². The Hall–Kier alpha value is -1.51. The second kappa shape index (κ2) is 7.75. The Labute approximate surface area is 109 Å². The molecule has 1 aromatic rings. The molecule has 0 unspecified atom stereocenters. The van der Waals surface area contributed by atoms with Crippen molar-refractivity contribution in [3.63, 3.8) is 0 Å². The minimum absolute atomic E-state index is 0.305. The normalized spacial score (nSPS) is 11.9. The van der Waals surface area contributed by atoms with E-state index in [4.69, 9.17) is 9.94 Å². The molecule has 0 amide bonds. The molecule has 1 N–H and O–H groups in total. The average molecular weight is 249 g/mol. The maximum Gasteiger partial charge on any atom is 0.119 e. The summed E-state index contributed by atoms with van der Waals surface area (Å²) in [5.74, 6) is 0.931. The topological polar surface area (TPSA) is 41.8 Å². The van der Waals surface area contributed by atoms with Gasteiger partial charge in [0.25, 0.3) is 0 Å². The van der Waals surface area contributed by atoms with Gasteiger partial charge in [0.05, 0.1) is 11.8 Å². The van der Waals surface area contributed by atoms with Crippen molar-refractivity contribution in [3.8, 4) is 5.75 Å². The van der Waals surface area contributed by atoms with Crippen LogP contribution >= 0.6 is 0 Å². The van der Waals surface area contributed by atoms with Crippen molar-refractivity contribution in [2.24, 2.45) is 5.16 Å². The summed E-state index contributed by atoms with van der Waals surface area (Å²) in [6.07, 6.45) is 4.04. The SMILES string of the molecule is CCC(CC)Oc1ccc(CC/C(C)=N/O)cc1. The molecule has 100 valence electrons. The molecule has 0 atom stereocenters. The van der Waals surface area contributed by atoms with E-state index in [1.165, 1.54) is 5.56 Å². The summed E-state index contributed by atoms with van der Waals surface area (Å²) in [6, 6.07) is 8.17. The van der Waals surface area contributed by atoms with E-state index in [1.807, 2.05) is 19.1 Å². The summed E-state index contributed by atoms with van der Waals surface area (Å²) in [5, 5.41) is 11.8. The quantitative estimate of drug-likeness (QED) is 0.450. The first-order chi connectivity index (χ1) is 8.69. The molecule has 0 saturated heterocycles. The fraction of sp³-hybridized carbons (Fsp3) is 0.533. The summed E-state index contributed by atoms with van der Waals surface area (Å²) in [7, 11) is 0. The third-order valence-corrected chi connectivity index (χ3v) is 3.08. The lowest BCUT2D eigenvalue weighted by Crippen LogP contribution is -2.13. The zero-order valence-corrected chi connectivity index (χ0v) is 11.5. The molecule has 0 spiro atoms. The number of hydrogen-bond acceptors (Lipinski definition) is 3. The van der Waals surface area contributed by atoms with Crippen molar-refractivity contribution >= 4 is 5.71 Å². The van der Waals surface area contributed by atoms with Gasteiger partial charge in [-0.25, -0.2) is 0 Å². The van der Waals surface area contributed by atoms with Crippen LogP contribution in [0.15, 0.2) is 29.4 Å². The maximum absolute atomic E-state index is 8.58. The Morgan fingerprint density at radius 1 is 1.22 bits per heavy atom. The average Bonchev–Trinajstić information content (AvgIpc) is 2.43. The van der Waals surface area contributed by atoms with Crippen molar-refractivity contribution < 1.29 is 9.94 Å². The third kappa shape index (κ3) is 4.78. The Morgan fingerprint density at radius 2 is 1.83 bits per heavy atom. The molecule has 0 aliphatic carbocycles. The van der Waals surface area contributed by atoms with Crippen LogP contribution in [-0.2, 0) is 6.42 Å². The first kappa shape index (κ1) is 14.6. The van der Waals surface area contributed by atoms with Gasteiger partial charge in [0.1, 0.15) is 5.75 Å². The van der Waals surface area contributed by atoms with Gasteiger partial charge in [-0.3, -0.25) is 0 Å². The minimum atomic E-state index is 0.305. The van der Waals surface area contributed by atoms with E-state index in [1.54, 1.807) is 0 Å². The molecule has 0 bridgehead atoms. The number of nitrogens with zero attached hydrogens (tertiary/aromatic N) is 1. The standard InChI is InChI=1S/C15H23NO2/c1-4-14(5-2)18-15-10-8-13(9-11-15)7-6-12(3)16-17/h8-11,14,17H,4-7H2,1-3H3/b16-12+. The fourth-order valence-corrected chi connectivity index (χ4v) is 1.76. The van der Waals surface area contributed by atoms with Crippen LogP contribution in [0.1, 0.15) is 45.6 Å². The van der Waals surface area contributed by atoms with Crippen molar-refractivity contribution in [1.82, 2.24) is 0 Å². The lowest BCUT2D eigenvalue weighted by molar-refractivity contribution is 0.193. The van der Waals surface area contributed by atoms with Crippen molar-refractivity contribution in [2.75, 3.05) is 0 Å². The zero-order chi connectivity index (χ0) is 13.4. The van der Waals surface area contributed by atoms with Gasteiger partial charge in [-0.1, -0.05) is 31.1 Å². The molecule has 0 aliphatic rings. The van der Waals surface area contributed by atoms with Gasteiger partial charge in [0, 0.05) is 0 Å². The fourth-order valence-electron chi connectivity index (χ4n) is 1.76. The summed E-state index contributed by atoms with van der Waals surface area (Å²) in [5.41, 5.74) is 1.99. The molecule has 18 heavy (non-hydrogen) atoms. The first-order valence-electron chi connectivity index (χ1n) is 6.62. The van der Waals surface area contributed by atoms with E-state index >= 15 is 0 Å². The van der Waals surface area contributed by atoms with Gasteiger partial charge in [-0.05, 0) is 50.3 Å². The van der Waals surface area contributed by atoms with Crippen molar-refractivity contribution in [1.29, 1.82) is 0 Å². The van der Waals surface area contributed by atoms with Crippen LogP contribution in [-0.4, -0.2) is 17.0 Å². The van der Waals surface area contributed by atoms with Crippen LogP contribution in [0.3, 0.4) is 0 Å². The highest BCUT2D eigenvalue weighted by atomic mass is 16.5. The van der Waals surface area contributed by atoms with Crippen LogP contribution in [0.25, 0.3) is 0 Å². The predicted octanol–water partition coefficient (Wildman–Crippen LogP) is 4.04. The van der Waals surface area contributed by atoms with Crippen LogP contribution in [0.2, 0.25) is 0 Å². The van der Waals surface area contributed by atoms with Crippen LogP contribution in [0.4, 0.5) is 0 Å². The molecule has 3 heteroatoms. The Bertz CT molecular complexity index is 367. The second-order valence-corrected chi connectivity index (χ2v) is 4.54. The van der Waals surface area contributed by atoms with Crippen molar-refractivity contribution in [3.05, 3.63) is 29.8 Å². The molecule has 3 nitrogen and oxygen atoms in total. The number of aryl methyl sites for hydroxylation is 1. The van der Waals surface area contributed by atoms with Crippen LogP contribution in [0, 0.1) is 0 Å². The Balaban J connectivity index is 2.52. The molecule has 0 fully saturated rings. The van der Waals surface area contributed by atoms with E-state index in [0.717, 1.165) is 37.1 Å². The minimum Gasteiger partial charge on any atom is -0.490 e. The van der Waals surface area contributed by atoms with Gasteiger partial charge in [-0.15, -0.1) is 0 Å². The van der Waals surface area contributed by atoms with E-state index in [-0.39, 0.29) is 0 Å². The molecule has 0 aromatic heterocycles. The third-order valence-electron chi connectivity index (χ3n) is 3.08. The lowest BCUT2D eigenvalue weighted by Gasteiger charge is -2.15. The van der Waals surface area contributed by atoms with Gasteiger partial charge < -0.3 is 9.94 Å². The molecule has 0 saturated carbocycles. The molecular weight excluding hydrogens is 226 g/mol. The molecular formula is C15H23NO2. The summed E-state index contributed by atoms with van der Waals surface area (Å²) in [6.45, 7) is 6.10. The highest BCUT2D eigenvalue weighted by Crippen LogP contribution is 2.17. The summed E-state index contributed by atoms with van der Waals surface area (Å²) >= 11 is 0. The van der Waals surface area contributed by atoms with Crippen LogP contribution in [0.5, 0.6) is 5.75 Å². The Morgan fingerprint density at radius 3 is 2.33 bits per heavy atom. The van der Waals surface area contributed by atoms with Gasteiger partial charge >= 0.3 is 0 Å². The maximum atomic E-state index is 8.58. The number of benzene rings is 1. The number of ether oxygens (including phenoxy) is 1. The van der Waals surface area contributed by atoms with E-state index < -0.39 is 0 Å². The summed E-state index contributed by atoms with van der Waals surface area (Å²) < 4.78 is 5.85. The molecule has 0 heterocycles. The number of rotatable bonds is 7. The van der Waals surface area contributed by atoms with Gasteiger partial charge in [-0.2, -0.15) is 0 Å². The van der Waals surface area contributed by atoms with Gasteiger partial charge in [0.15, 0.2) is 0 Å². The predicted molar refractivity (Wildman–Crippen MR) is 74.7 cm³/mol. The first-order valence-corrected chi connectivity index (χ1v) is 6.62. The molecule has 1 rings (SSSR count). The molecule has 0 aliphatic heterocycles. The lowest BCUT2D eigenvalue weighted by atomic mass is 10.1. The smallest absolute Gasteiger partial charge is 0.119 e. The van der Waals surface area contributed by atoms with E-state index in [2.05, 4.69) is 31.1 Å². The second-order valence-electron chi connectivity index (χ2n) is 4.54. The largest absolute Gasteiger partial charge is 0.490 e. The number of hydrogen-bond donors (Lipinski definition) is 1. The van der Waals surface area contributed by atoms with E-state index in [9.17, 15) is 0 Å². The molecule has 1 aromatic carbocycles. The number of oxime groups is 1. The highest BCUT2D eigenvalue weighted by Gasteiger charge is 2.05. The Kier molecular flexibility index (Phi) is 6.26. The summed E-state index contributed by atoms with van der Waals surface area (Å²) in [4.78, 5) is 0. The zero-order valence-electron chi connectivity index (χ0n) is 11.5. The van der Waals surface area contributed by atoms with Crippen molar-refractivity contribution in [2.45, 2.75) is 52.6 Å². The monoisotopic (exact) mass is 249 g/mol.